The lowest BCUT2D eigenvalue weighted by Crippen LogP contribution is -2.42. The van der Waals surface area contributed by atoms with Crippen molar-refractivity contribution in [2.24, 2.45) is 23.2 Å². The van der Waals surface area contributed by atoms with Gasteiger partial charge in [-0.15, -0.1) is 0 Å². The van der Waals surface area contributed by atoms with E-state index in [1.165, 1.54) is 11.1 Å². The number of halogens is 1. The number of aromatic hydroxyl groups is 1. The van der Waals surface area contributed by atoms with E-state index in [1.807, 2.05) is 6.07 Å². The molecule has 3 heteroatoms. The molecule has 0 aliphatic heterocycles. The monoisotopic (exact) mass is 318 g/mol. The zero-order valence-electron chi connectivity index (χ0n) is 13.8. The Morgan fingerprint density at radius 2 is 2.13 bits per heavy atom. The summed E-state index contributed by atoms with van der Waals surface area (Å²) in [7, 11) is 0. The Bertz CT molecular complexity index is 601. The maximum Gasteiger partial charge on any atom is 0.115 e. The highest BCUT2D eigenvalue weighted by atomic mass is 19.1. The molecule has 3 aliphatic carbocycles. The average Bonchev–Trinajstić information content (AvgIpc) is 2.77. The molecule has 2 N–H and O–H groups in total. The highest BCUT2D eigenvalue weighted by Gasteiger charge is 2.57. The summed E-state index contributed by atoms with van der Waals surface area (Å²) in [5.74, 6) is 1.99. The van der Waals surface area contributed by atoms with Gasteiger partial charge in [0.15, 0.2) is 0 Å². The van der Waals surface area contributed by atoms with Gasteiger partial charge in [-0.2, -0.15) is 0 Å². The van der Waals surface area contributed by atoms with Crippen LogP contribution in [0.2, 0.25) is 0 Å². The van der Waals surface area contributed by atoms with Gasteiger partial charge in [0.05, 0.1) is 12.8 Å². The fraction of sp³-hybridized carbons (Fsp3) is 0.700. The number of benzene rings is 1. The molecular weight excluding hydrogens is 291 g/mol. The molecule has 126 valence electrons. The minimum absolute atomic E-state index is 0.122. The summed E-state index contributed by atoms with van der Waals surface area (Å²) in [6, 6.07) is 5.82. The van der Waals surface area contributed by atoms with Crippen LogP contribution in [0.15, 0.2) is 18.2 Å². The molecule has 2 nitrogen and oxygen atoms in total. The van der Waals surface area contributed by atoms with Gasteiger partial charge in [-0.3, -0.25) is 4.39 Å². The number of aryl methyl sites for hydroxylation is 1. The first-order valence-corrected chi connectivity index (χ1v) is 9.09. The minimum Gasteiger partial charge on any atom is -0.508 e. The van der Waals surface area contributed by atoms with Crippen molar-refractivity contribution in [3.8, 4) is 5.75 Å². The topological polar surface area (TPSA) is 40.5 Å². The number of rotatable bonds is 2. The number of aliphatic hydroxyl groups is 1. The van der Waals surface area contributed by atoms with E-state index in [9.17, 15) is 14.6 Å². The van der Waals surface area contributed by atoms with E-state index in [1.54, 1.807) is 6.07 Å². The van der Waals surface area contributed by atoms with Crippen LogP contribution in [-0.2, 0) is 6.42 Å². The lowest BCUT2D eigenvalue weighted by molar-refractivity contribution is 0.0242. The van der Waals surface area contributed by atoms with Gasteiger partial charge >= 0.3 is 0 Å². The molecule has 1 aromatic carbocycles. The van der Waals surface area contributed by atoms with Crippen LogP contribution in [-0.4, -0.2) is 23.0 Å². The third kappa shape index (κ3) is 2.31. The molecule has 0 unspecified atom stereocenters. The summed E-state index contributed by atoms with van der Waals surface area (Å²) < 4.78 is 13.1. The summed E-state index contributed by atoms with van der Waals surface area (Å²) >= 11 is 0. The summed E-state index contributed by atoms with van der Waals surface area (Å²) in [4.78, 5) is 0. The van der Waals surface area contributed by atoms with Crippen molar-refractivity contribution < 1.29 is 14.6 Å². The molecule has 0 spiro atoms. The summed E-state index contributed by atoms with van der Waals surface area (Å²) in [6.07, 6.45) is 5.40. The van der Waals surface area contributed by atoms with Gasteiger partial charge in [0.2, 0.25) is 0 Å². The highest BCUT2D eigenvalue weighted by molar-refractivity contribution is 5.40. The minimum atomic E-state index is -0.333. The Morgan fingerprint density at radius 3 is 2.91 bits per heavy atom. The Kier molecular flexibility index (Phi) is 3.67. The van der Waals surface area contributed by atoms with E-state index in [4.69, 9.17) is 0 Å². The average molecular weight is 318 g/mol. The zero-order valence-corrected chi connectivity index (χ0v) is 13.8. The molecule has 0 aromatic heterocycles. The van der Waals surface area contributed by atoms with Crippen molar-refractivity contribution >= 4 is 0 Å². The SMILES string of the molecule is C[C@]12CC[C@@H]3c4ccc(O)cc4CC[C@H]3[C@@H]1[C@@H](CCF)[C@@H](O)C2. The number of hydrogen-bond acceptors (Lipinski definition) is 2. The lowest BCUT2D eigenvalue weighted by atomic mass is 9.54. The van der Waals surface area contributed by atoms with Crippen LogP contribution in [0.4, 0.5) is 4.39 Å². The van der Waals surface area contributed by atoms with E-state index < -0.39 is 0 Å². The van der Waals surface area contributed by atoms with Gasteiger partial charge in [0, 0.05) is 0 Å². The smallest absolute Gasteiger partial charge is 0.115 e. The van der Waals surface area contributed by atoms with Crippen LogP contribution in [0.1, 0.15) is 56.1 Å². The highest BCUT2D eigenvalue weighted by Crippen LogP contribution is 2.63. The fourth-order valence-electron chi connectivity index (χ4n) is 6.33. The summed E-state index contributed by atoms with van der Waals surface area (Å²) in [6.45, 7) is 2.00. The molecule has 0 saturated heterocycles. The van der Waals surface area contributed by atoms with Gasteiger partial charge in [-0.1, -0.05) is 13.0 Å². The third-order valence-electron chi connectivity index (χ3n) is 7.16. The number of hydrogen-bond donors (Lipinski definition) is 2. The van der Waals surface area contributed by atoms with E-state index in [0.717, 1.165) is 32.1 Å². The van der Waals surface area contributed by atoms with Crippen molar-refractivity contribution in [1.82, 2.24) is 0 Å². The predicted molar refractivity (Wildman–Crippen MR) is 88.2 cm³/mol. The van der Waals surface area contributed by atoms with E-state index >= 15 is 0 Å². The largest absolute Gasteiger partial charge is 0.508 e. The molecule has 6 atom stereocenters. The van der Waals surface area contributed by atoms with Gasteiger partial charge in [0.25, 0.3) is 0 Å². The summed E-state index contributed by atoms with van der Waals surface area (Å²) in [5, 5.41) is 20.3. The molecule has 1 aromatic rings. The first-order chi connectivity index (χ1) is 11.0. The molecule has 0 bridgehead atoms. The van der Waals surface area contributed by atoms with Gasteiger partial charge in [0.1, 0.15) is 5.75 Å². The number of phenolic OH excluding ortho intramolecular Hbond substituents is 1. The maximum absolute atomic E-state index is 13.1. The molecule has 0 heterocycles. The predicted octanol–water partition coefficient (Wildman–Crippen LogP) is 4.19. The van der Waals surface area contributed by atoms with E-state index in [0.29, 0.717) is 29.9 Å². The Morgan fingerprint density at radius 1 is 1.30 bits per heavy atom. The van der Waals surface area contributed by atoms with Gasteiger partial charge < -0.3 is 10.2 Å². The van der Waals surface area contributed by atoms with Gasteiger partial charge in [-0.05, 0) is 90.9 Å². The van der Waals surface area contributed by atoms with Crippen molar-refractivity contribution in [3.63, 3.8) is 0 Å². The number of alkyl halides is 1. The van der Waals surface area contributed by atoms with Crippen molar-refractivity contribution in [3.05, 3.63) is 29.3 Å². The van der Waals surface area contributed by atoms with Crippen LogP contribution in [0.5, 0.6) is 5.75 Å². The van der Waals surface area contributed by atoms with Gasteiger partial charge in [-0.25, -0.2) is 0 Å². The molecule has 0 amide bonds. The van der Waals surface area contributed by atoms with E-state index in [-0.39, 0.29) is 24.1 Å². The molecule has 2 saturated carbocycles. The second-order valence-corrected chi connectivity index (χ2v) is 8.32. The first-order valence-electron chi connectivity index (χ1n) is 9.09. The molecule has 4 rings (SSSR count). The van der Waals surface area contributed by atoms with Crippen LogP contribution in [0.3, 0.4) is 0 Å². The number of aliphatic hydroxyl groups excluding tert-OH is 1. The molecular formula is C20H27FO2. The van der Waals surface area contributed by atoms with Crippen molar-refractivity contribution in [1.29, 1.82) is 0 Å². The fourth-order valence-corrected chi connectivity index (χ4v) is 6.33. The summed E-state index contributed by atoms with van der Waals surface area (Å²) in [5.41, 5.74) is 2.85. The second-order valence-electron chi connectivity index (χ2n) is 8.32. The Labute approximate surface area is 137 Å². The quantitative estimate of drug-likeness (QED) is 0.858. The van der Waals surface area contributed by atoms with Crippen molar-refractivity contribution in [2.75, 3.05) is 6.67 Å². The van der Waals surface area contributed by atoms with Crippen LogP contribution < -0.4 is 0 Å². The second kappa shape index (κ2) is 5.47. The maximum atomic E-state index is 13.1. The molecule has 2 fully saturated rings. The third-order valence-corrected chi connectivity index (χ3v) is 7.16. The van der Waals surface area contributed by atoms with Crippen molar-refractivity contribution in [2.45, 2.75) is 57.5 Å². The Balaban J connectivity index is 1.70. The van der Waals surface area contributed by atoms with E-state index in [2.05, 4.69) is 13.0 Å². The van der Waals surface area contributed by atoms with Crippen LogP contribution in [0.25, 0.3) is 0 Å². The molecule has 0 radical (unpaired) electrons. The number of phenols is 1. The standard InChI is InChI=1S/C20H27FO2/c1-20-8-6-15-14-5-3-13(22)10-12(14)2-4-16(15)19(20)17(7-9-21)18(23)11-20/h3,5,10,15-19,22-23H,2,4,6-9,11H2,1H3/t15-,16-,17+,18+,19-,20-/m1/s1. The zero-order chi connectivity index (χ0) is 16.2. The lowest BCUT2D eigenvalue weighted by Gasteiger charge is -2.50. The number of fused-ring (bicyclic) bond motifs is 5. The van der Waals surface area contributed by atoms with Crippen LogP contribution in [0, 0.1) is 23.2 Å². The van der Waals surface area contributed by atoms with Crippen LogP contribution >= 0.6 is 0 Å². The normalized spacial score (nSPS) is 42.0. The molecule has 23 heavy (non-hydrogen) atoms. The molecule has 3 aliphatic rings. The first kappa shape index (κ1) is 15.4. The Hall–Kier alpha value is -1.09.